The number of hydrogen-bond acceptors (Lipinski definition) is 2. The summed E-state index contributed by atoms with van der Waals surface area (Å²) in [6.07, 6.45) is 0. The van der Waals surface area contributed by atoms with Crippen LogP contribution in [0.15, 0.2) is 24.3 Å². The fourth-order valence-electron chi connectivity index (χ4n) is 1.25. The molecule has 1 rings (SSSR count). The summed E-state index contributed by atoms with van der Waals surface area (Å²) >= 11 is 1.62. The number of amides is 1. The van der Waals surface area contributed by atoms with Crippen LogP contribution in [0.1, 0.15) is 19.4 Å². The first-order valence-corrected chi connectivity index (χ1v) is 6.85. The summed E-state index contributed by atoms with van der Waals surface area (Å²) < 4.78 is 13.2. The van der Waals surface area contributed by atoms with Gasteiger partial charge in [-0.15, -0.1) is 0 Å². The van der Waals surface area contributed by atoms with Crippen molar-refractivity contribution in [2.45, 2.75) is 19.6 Å². The van der Waals surface area contributed by atoms with E-state index in [9.17, 15) is 9.18 Å². The molecule has 0 aliphatic heterocycles. The van der Waals surface area contributed by atoms with E-state index in [2.05, 4.69) is 5.32 Å². The van der Waals surface area contributed by atoms with E-state index < -0.39 is 0 Å². The largest absolute Gasteiger partial charge is 0.355 e. The minimum Gasteiger partial charge on any atom is -0.355 e. The van der Waals surface area contributed by atoms with Crippen molar-refractivity contribution in [3.8, 4) is 0 Å². The number of thioether (sulfide) groups is 1. The second-order valence-corrected chi connectivity index (χ2v) is 5.19. The van der Waals surface area contributed by atoms with Gasteiger partial charge in [0.2, 0.25) is 5.91 Å². The zero-order valence-electron chi connectivity index (χ0n) is 10.2. The number of nitrogens with one attached hydrogen (secondary N) is 1. The van der Waals surface area contributed by atoms with E-state index in [0.717, 1.165) is 5.75 Å². The highest BCUT2D eigenvalue weighted by Gasteiger charge is 2.05. The van der Waals surface area contributed by atoms with Crippen LogP contribution in [0.3, 0.4) is 0 Å². The van der Waals surface area contributed by atoms with Gasteiger partial charge in [0.25, 0.3) is 0 Å². The van der Waals surface area contributed by atoms with Gasteiger partial charge in [-0.3, -0.25) is 4.79 Å². The maximum atomic E-state index is 13.2. The Labute approximate surface area is 106 Å². The molecule has 0 aliphatic rings. The molecule has 17 heavy (non-hydrogen) atoms. The topological polar surface area (TPSA) is 29.1 Å². The smallest absolute Gasteiger partial charge is 0.222 e. The van der Waals surface area contributed by atoms with E-state index in [1.54, 1.807) is 23.9 Å². The molecule has 0 fully saturated rings. The first-order valence-electron chi connectivity index (χ1n) is 5.70. The van der Waals surface area contributed by atoms with Gasteiger partial charge in [-0.2, -0.15) is 11.8 Å². The molecular weight excluding hydrogens is 237 g/mol. The Bertz CT molecular complexity index is 368. The van der Waals surface area contributed by atoms with Crippen LogP contribution in [0.25, 0.3) is 0 Å². The monoisotopic (exact) mass is 255 g/mol. The molecule has 1 aromatic carbocycles. The summed E-state index contributed by atoms with van der Waals surface area (Å²) in [5.41, 5.74) is 0.715. The lowest BCUT2D eigenvalue weighted by atomic mass is 10.2. The van der Waals surface area contributed by atoms with Crippen LogP contribution >= 0.6 is 11.8 Å². The molecule has 0 aromatic heterocycles. The van der Waals surface area contributed by atoms with E-state index in [0.29, 0.717) is 17.9 Å². The van der Waals surface area contributed by atoms with Crippen molar-refractivity contribution < 1.29 is 9.18 Å². The molecule has 1 N–H and O–H groups in total. The van der Waals surface area contributed by atoms with Crippen molar-refractivity contribution in [1.29, 1.82) is 0 Å². The Balaban J connectivity index is 2.17. The molecule has 1 amide bonds. The summed E-state index contributed by atoms with van der Waals surface area (Å²) in [4.78, 5) is 11.2. The number of hydrogen-bond donors (Lipinski definition) is 1. The van der Waals surface area contributed by atoms with Crippen molar-refractivity contribution in [3.05, 3.63) is 35.6 Å². The van der Waals surface area contributed by atoms with E-state index in [1.165, 1.54) is 6.07 Å². The summed E-state index contributed by atoms with van der Waals surface area (Å²) in [5.74, 6) is 1.37. The second kappa shape index (κ2) is 7.33. The van der Waals surface area contributed by atoms with Gasteiger partial charge in [-0.25, -0.2) is 4.39 Å². The first-order chi connectivity index (χ1) is 8.11. The van der Waals surface area contributed by atoms with Crippen molar-refractivity contribution in [3.63, 3.8) is 0 Å². The number of carbonyl (C=O) groups excluding carboxylic acids is 1. The highest BCUT2D eigenvalue weighted by Crippen LogP contribution is 2.14. The molecule has 0 aliphatic carbocycles. The molecular formula is C13H18FNOS. The SMILES string of the molecule is CC(C)C(=O)NCCSCc1ccccc1F. The molecule has 2 nitrogen and oxygen atoms in total. The van der Waals surface area contributed by atoms with Crippen molar-refractivity contribution in [1.82, 2.24) is 5.32 Å². The Morgan fingerprint density at radius 1 is 1.41 bits per heavy atom. The lowest BCUT2D eigenvalue weighted by Gasteiger charge is -2.07. The first kappa shape index (κ1) is 14.0. The van der Waals surface area contributed by atoms with E-state index in [4.69, 9.17) is 0 Å². The summed E-state index contributed by atoms with van der Waals surface area (Å²) in [6, 6.07) is 6.78. The summed E-state index contributed by atoms with van der Waals surface area (Å²) in [5, 5.41) is 2.83. The number of carbonyl (C=O) groups is 1. The van der Waals surface area contributed by atoms with E-state index in [-0.39, 0.29) is 17.6 Å². The Morgan fingerprint density at radius 2 is 2.12 bits per heavy atom. The lowest BCUT2D eigenvalue weighted by Crippen LogP contribution is -2.29. The van der Waals surface area contributed by atoms with Crippen LogP contribution in [0, 0.1) is 11.7 Å². The summed E-state index contributed by atoms with van der Waals surface area (Å²) in [6.45, 7) is 4.36. The lowest BCUT2D eigenvalue weighted by molar-refractivity contribution is -0.123. The molecule has 0 spiro atoms. The number of rotatable bonds is 6. The zero-order chi connectivity index (χ0) is 12.7. The average Bonchev–Trinajstić information content (AvgIpc) is 2.30. The molecule has 0 saturated carbocycles. The van der Waals surface area contributed by atoms with Crippen LogP contribution in [-0.2, 0) is 10.5 Å². The van der Waals surface area contributed by atoms with Gasteiger partial charge in [-0.1, -0.05) is 32.0 Å². The predicted molar refractivity (Wildman–Crippen MR) is 70.4 cm³/mol. The van der Waals surface area contributed by atoms with E-state index >= 15 is 0 Å². The standard InChI is InChI=1S/C13H18FNOS/c1-10(2)13(16)15-7-8-17-9-11-5-3-4-6-12(11)14/h3-6,10H,7-9H2,1-2H3,(H,15,16). The number of halogens is 1. The van der Waals surface area contributed by atoms with Gasteiger partial charge in [0.1, 0.15) is 5.82 Å². The summed E-state index contributed by atoms with van der Waals surface area (Å²) in [7, 11) is 0. The maximum absolute atomic E-state index is 13.2. The van der Waals surface area contributed by atoms with Crippen LogP contribution in [0.4, 0.5) is 4.39 Å². The van der Waals surface area contributed by atoms with Gasteiger partial charge in [0.15, 0.2) is 0 Å². The Hall–Kier alpha value is -1.03. The average molecular weight is 255 g/mol. The van der Waals surface area contributed by atoms with E-state index in [1.807, 2.05) is 19.9 Å². The minimum atomic E-state index is -0.161. The Morgan fingerprint density at radius 3 is 2.76 bits per heavy atom. The molecule has 0 atom stereocenters. The van der Waals surface area contributed by atoms with Gasteiger partial charge >= 0.3 is 0 Å². The van der Waals surface area contributed by atoms with Crippen molar-refractivity contribution >= 4 is 17.7 Å². The third kappa shape index (κ3) is 5.22. The zero-order valence-corrected chi connectivity index (χ0v) is 11.0. The molecule has 94 valence electrons. The molecule has 0 unspecified atom stereocenters. The van der Waals surface area contributed by atoms with Crippen LogP contribution < -0.4 is 5.32 Å². The number of benzene rings is 1. The van der Waals surface area contributed by atoms with Crippen LogP contribution in [0.2, 0.25) is 0 Å². The maximum Gasteiger partial charge on any atom is 0.222 e. The third-order valence-corrected chi connectivity index (χ3v) is 3.29. The molecule has 0 saturated heterocycles. The normalized spacial score (nSPS) is 10.6. The van der Waals surface area contributed by atoms with Gasteiger partial charge in [0, 0.05) is 24.0 Å². The van der Waals surface area contributed by atoms with Gasteiger partial charge in [-0.05, 0) is 11.6 Å². The van der Waals surface area contributed by atoms with Crippen molar-refractivity contribution in [2.24, 2.45) is 5.92 Å². The molecule has 1 aromatic rings. The Kier molecular flexibility index (Phi) is 6.05. The van der Waals surface area contributed by atoms with Gasteiger partial charge < -0.3 is 5.32 Å². The van der Waals surface area contributed by atoms with Crippen LogP contribution in [0.5, 0.6) is 0 Å². The quantitative estimate of drug-likeness (QED) is 0.792. The van der Waals surface area contributed by atoms with Gasteiger partial charge in [0.05, 0.1) is 0 Å². The highest BCUT2D eigenvalue weighted by molar-refractivity contribution is 7.98. The molecule has 0 heterocycles. The predicted octanol–water partition coefficient (Wildman–Crippen LogP) is 2.83. The third-order valence-electron chi connectivity index (χ3n) is 2.29. The van der Waals surface area contributed by atoms with Crippen LogP contribution in [-0.4, -0.2) is 18.2 Å². The van der Waals surface area contributed by atoms with Crippen molar-refractivity contribution in [2.75, 3.05) is 12.3 Å². The second-order valence-electron chi connectivity index (χ2n) is 4.09. The fourth-order valence-corrected chi connectivity index (χ4v) is 2.09. The minimum absolute atomic E-state index is 0.0200. The molecule has 0 radical (unpaired) electrons. The molecule has 4 heteroatoms. The molecule has 0 bridgehead atoms. The fraction of sp³-hybridized carbons (Fsp3) is 0.462. The highest BCUT2D eigenvalue weighted by atomic mass is 32.2.